The van der Waals surface area contributed by atoms with Gasteiger partial charge in [-0.2, -0.15) is 0 Å². The van der Waals surface area contributed by atoms with E-state index in [1.54, 1.807) is 24.5 Å². The monoisotopic (exact) mass is 300 g/mol. The van der Waals surface area contributed by atoms with E-state index in [0.717, 1.165) is 17.5 Å². The van der Waals surface area contributed by atoms with Gasteiger partial charge in [0.2, 0.25) is 0 Å². The van der Waals surface area contributed by atoms with Gasteiger partial charge in [-0.15, -0.1) is 0 Å². The summed E-state index contributed by atoms with van der Waals surface area (Å²) in [6, 6.07) is 9.84. The van der Waals surface area contributed by atoms with Crippen molar-refractivity contribution in [2.45, 2.75) is 19.9 Å². The van der Waals surface area contributed by atoms with Crippen LogP contribution in [0.5, 0.6) is 0 Å². The van der Waals surface area contributed by atoms with Crippen LogP contribution in [0.15, 0.2) is 47.1 Å². The molecule has 3 aromatic rings. The number of halogens is 1. The minimum Gasteiger partial charge on any atom is -0.463 e. The maximum atomic E-state index is 13.0. The normalized spacial score (nSPS) is 11.0. The van der Waals surface area contributed by atoms with Crippen LogP contribution < -0.4 is 5.32 Å². The first kappa shape index (κ1) is 14.4. The molecule has 0 spiro atoms. The third kappa shape index (κ3) is 2.74. The molecule has 1 N–H and O–H groups in total. The molecule has 22 heavy (non-hydrogen) atoms. The topological polar surface area (TPSA) is 47.2 Å². The third-order valence-electron chi connectivity index (χ3n) is 3.54. The number of hydrogen-bond acceptors (Lipinski definition) is 2. The lowest BCUT2D eigenvalue weighted by molar-refractivity contribution is 0.0945. The largest absolute Gasteiger partial charge is 0.463 e. The van der Waals surface area contributed by atoms with Crippen LogP contribution in [0.2, 0.25) is 0 Å². The standard InChI is InChI=1S/C17H17FN2O2/c1-2-8-19-17(21)15-10-16-14(7-9-22-16)20(15)11-12-3-5-13(18)6-4-12/h3-7,9-10H,2,8,11H2,1H3,(H,19,21). The molecule has 0 saturated heterocycles. The van der Waals surface area contributed by atoms with Crippen molar-refractivity contribution >= 4 is 17.0 Å². The predicted molar refractivity (Wildman–Crippen MR) is 82.3 cm³/mol. The molecule has 1 aromatic carbocycles. The molecule has 0 bridgehead atoms. The molecular formula is C17H17FN2O2. The van der Waals surface area contributed by atoms with Crippen molar-refractivity contribution in [1.82, 2.24) is 9.88 Å². The first-order valence-corrected chi connectivity index (χ1v) is 7.28. The van der Waals surface area contributed by atoms with Crippen LogP contribution in [-0.2, 0) is 6.54 Å². The molecular weight excluding hydrogens is 283 g/mol. The number of rotatable bonds is 5. The molecule has 0 fully saturated rings. The summed E-state index contributed by atoms with van der Waals surface area (Å²) in [5.74, 6) is -0.402. The molecule has 0 saturated carbocycles. The second-order valence-corrected chi connectivity index (χ2v) is 5.17. The summed E-state index contributed by atoms with van der Waals surface area (Å²) < 4.78 is 20.3. The maximum absolute atomic E-state index is 13.0. The lowest BCUT2D eigenvalue weighted by Crippen LogP contribution is -2.26. The molecule has 1 amide bonds. The summed E-state index contributed by atoms with van der Waals surface area (Å²) in [5, 5.41) is 2.87. The Morgan fingerprint density at radius 2 is 2.05 bits per heavy atom. The molecule has 0 aliphatic rings. The molecule has 5 heteroatoms. The van der Waals surface area contributed by atoms with Gasteiger partial charge in [0.15, 0.2) is 5.58 Å². The van der Waals surface area contributed by atoms with E-state index in [1.807, 2.05) is 17.6 Å². The first-order chi connectivity index (χ1) is 10.7. The van der Waals surface area contributed by atoms with Crippen LogP contribution in [-0.4, -0.2) is 17.0 Å². The summed E-state index contributed by atoms with van der Waals surface area (Å²) in [6.45, 7) is 3.11. The van der Waals surface area contributed by atoms with Crippen molar-refractivity contribution in [3.8, 4) is 0 Å². The van der Waals surface area contributed by atoms with E-state index in [0.29, 0.717) is 24.4 Å². The highest BCUT2D eigenvalue weighted by molar-refractivity contribution is 5.97. The lowest BCUT2D eigenvalue weighted by atomic mass is 10.2. The van der Waals surface area contributed by atoms with Gasteiger partial charge in [-0.1, -0.05) is 19.1 Å². The zero-order valence-corrected chi connectivity index (χ0v) is 12.3. The molecule has 2 aromatic heterocycles. The smallest absolute Gasteiger partial charge is 0.268 e. The molecule has 4 nitrogen and oxygen atoms in total. The van der Waals surface area contributed by atoms with E-state index in [9.17, 15) is 9.18 Å². The zero-order chi connectivity index (χ0) is 15.5. The highest BCUT2D eigenvalue weighted by atomic mass is 19.1. The van der Waals surface area contributed by atoms with Crippen molar-refractivity contribution < 1.29 is 13.6 Å². The van der Waals surface area contributed by atoms with Crippen LogP contribution in [0, 0.1) is 5.82 Å². The van der Waals surface area contributed by atoms with Crippen LogP contribution in [0.1, 0.15) is 29.4 Å². The Labute approximate surface area is 127 Å². The summed E-state index contributed by atoms with van der Waals surface area (Å²) >= 11 is 0. The van der Waals surface area contributed by atoms with Crippen molar-refractivity contribution in [2.24, 2.45) is 0 Å². The fourth-order valence-electron chi connectivity index (χ4n) is 2.44. The Morgan fingerprint density at radius 3 is 2.77 bits per heavy atom. The van der Waals surface area contributed by atoms with Gasteiger partial charge in [-0.05, 0) is 24.1 Å². The van der Waals surface area contributed by atoms with E-state index in [2.05, 4.69) is 5.32 Å². The van der Waals surface area contributed by atoms with Crippen molar-refractivity contribution in [2.75, 3.05) is 6.54 Å². The number of benzene rings is 1. The fraction of sp³-hybridized carbons (Fsp3) is 0.235. The highest BCUT2D eigenvalue weighted by Gasteiger charge is 2.17. The first-order valence-electron chi connectivity index (χ1n) is 7.28. The fourth-order valence-corrected chi connectivity index (χ4v) is 2.44. The summed E-state index contributed by atoms with van der Waals surface area (Å²) in [6.07, 6.45) is 2.47. The van der Waals surface area contributed by atoms with Gasteiger partial charge in [0.25, 0.3) is 5.91 Å². The van der Waals surface area contributed by atoms with Crippen molar-refractivity contribution in [3.05, 3.63) is 59.7 Å². The van der Waals surface area contributed by atoms with Crippen LogP contribution >= 0.6 is 0 Å². The molecule has 0 aliphatic heterocycles. The Morgan fingerprint density at radius 1 is 1.27 bits per heavy atom. The van der Waals surface area contributed by atoms with Crippen molar-refractivity contribution in [3.63, 3.8) is 0 Å². The third-order valence-corrected chi connectivity index (χ3v) is 3.54. The number of carbonyl (C=O) groups excluding carboxylic acids is 1. The number of hydrogen-bond donors (Lipinski definition) is 1. The minimum absolute atomic E-state index is 0.129. The van der Waals surface area contributed by atoms with Gasteiger partial charge in [0.05, 0.1) is 11.8 Å². The zero-order valence-electron chi connectivity index (χ0n) is 12.3. The summed E-state index contributed by atoms with van der Waals surface area (Å²) in [7, 11) is 0. The summed E-state index contributed by atoms with van der Waals surface area (Å²) in [5.41, 5.74) is 2.99. The number of fused-ring (bicyclic) bond motifs is 1. The second kappa shape index (κ2) is 6.05. The lowest BCUT2D eigenvalue weighted by Gasteiger charge is -2.10. The van der Waals surface area contributed by atoms with E-state index in [1.165, 1.54) is 12.1 Å². The van der Waals surface area contributed by atoms with E-state index < -0.39 is 0 Å². The summed E-state index contributed by atoms with van der Waals surface area (Å²) in [4.78, 5) is 12.3. The number of furan rings is 1. The highest BCUT2D eigenvalue weighted by Crippen LogP contribution is 2.22. The van der Waals surface area contributed by atoms with Gasteiger partial charge < -0.3 is 14.3 Å². The SMILES string of the molecule is CCCNC(=O)c1cc2occc2n1Cc1ccc(F)cc1. The number of nitrogens with zero attached hydrogens (tertiary/aromatic N) is 1. The number of amides is 1. The van der Waals surface area contributed by atoms with Gasteiger partial charge in [-0.3, -0.25) is 4.79 Å². The predicted octanol–water partition coefficient (Wildman–Crippen LogP) is 3.56. The van der Waals surface area contributed by atoms with E-state index >= 15 is 0 Å². The molecule has 114 valence electrons. The molecule has 3 rings (SSSR count). The van der Waals surface area contributed by atoms with Crippen LogP contribution in [0.25, 0.3) is 11.1 Å². The minimum atomic E-state index is -0.273. The Kier molecular flexibility index (Phi) is 3.96. The number of carbonyl (C=O) groups is 1. The average Bonchev–Trinajstić information content (AvgIpc) is 3.09. The average molecular weight is 300 g/mol. The van der Waals surface area contributed by atoms with Crippen molar-refractivity contribution in [1.29, 1.82) is 0 Å². The molecule has 0 radical (unpaired) electrons. The van der Waals surface area contributed by atoms with Gasteiger partial charge in [0, 0.05) is 25.2 Å². The Bertz CT molecular complexity index is 787. The Balaban J connectivity index is 1.96. The Hall–Kier alpha value is -2.56. The molecule has 0 atom stereocenters. The number of nitrogens with one attached hydrogen (secondary N) is 1. The van der Waals surface area contributed by atoms with Gasteiger partial charge in [0.1, 0.15) is 11.5 Å². The quantitative estimate of drug-likeness (QED) is 0.783. The van der Waals surface area contributed by atoms with Gasteiger partial charge in [-0.25, -0.2) is 4.39 Å². The molecule has 2 heterocycles. The van der Waals surface area contributed by atoms with E-state index in [-0.39, 0.29) is 11.7 Å². The molecule has 0 aliphatic carbocycles. The second-order valence-electron chi connectivity index (χ2n) is 5.17. The number of aromatic nitrogens is 1. The van der Waals surface area contributed by atoms with Gasteiger partial charge >= 0.3 is 0 Å². The van der Waals surface area contributed by atoms with Crippen LogP contribution in [0.4, 0.5) is 4.39 Å². The van der Waals surface area contributed by atoms with Crippen LogP contribution in [0.3, 0.4) is 0 Å². The van der Waals surface area contributed by atoms with E-state index in [4.69, 9.17) is 4.42 Å². The maximum Gasteiger partial charge on any atom is 0.268 e. The molecule has 0 unspecified atom stereocenters.